The molecule has 0 spiro atoms. The normalized spacial score (nSPS) is 13.5. The maximum atomic E-state index is 11.9. The van der Waals surface area contributed by atoms with Crippen molar-refractivity contribution in [1.29, 1.82) is 0 Å². The van der Waals surface area contributed by atoms with Crippen LogP contribution in [0.2, 0.25) is 0 Å². The minimum atomic E-state index is -4.46. The molecule has 1 N–H and O–H groups in total. The summed E-state index contributed by atoms with van der Waals surface area (Å²) in [5.41, 5.74) is 0. The van der Waals surface area contributed by atoms with Gasteiger partial charge in [0.15, 0.2) is 0 Å². The van der Waals surface area contributed by atoms with Crippen LogP contribution in [0.3, 0.4) is 0 Å². The Labute approximate surface area is 88.8 Å². The molecule has 0 saturated carbocycles. The second-order valence-electron chi connectivity index (χ2n) is 3.33. The van der Waals surface area contributed by atoms with E-state index >= 15 is 0 Å². The van der Waals surface area contributed by atoms with Gasteiger partial charge in [-0.2, -0.15) is 26.3 Å². The van der Waals surface area contributed by atoms with E-state index < -0.39 is 38.3 Å². The highest BCUT2D eigenvalue weighted by Gasteiger charge is 2.31. The van der Waals surface area contributed by atoms with Crippen LogP contribution < -0.4 is 0 Å². The molecule has 16 heavy (non-hydrogen) atoms. The summed E-state index contributed by atoms with van der Waals surface area (Å²) in [7, 11) is 0. The quantitative estimate of drug-likeness (QED) is 0.733. The Morgan fingerprint density at radius 2 is 1.44 bits per heavy atom. The summed E-state index contributed by atoms with van der Waals surface area (Å²) >= 11 is 0. The van der Waals surface area contributed by atoms with E-state index in [1.165, 1.54) is 0 Å². The molecule has 0 unspecified atom stereocenters. The molecule has 0 aromatic heterocycles. The molecule has 0 aliphatic heterocycles. The molecule has 0 aliphatic rings. The molecule has 0 saturated heterocycles. The molecule has 98 valence electrons. The van der Waals surface area contributed by atoms with Crippen molar-refractivity contribution in [1.82, 2.24) is 4.90 Å². The minimum absolute atomic E-state index is 0.280. The molecule has 0 bridgehead atoms. The first-order chi connectivity index (χ1) is 7.14. The number of halogens is 6. The predicted octanol–water partition coefficient (Wildman–Crippen LogP) is 2.19. The standard InChI is InChI=1S/C8H13F6NO/c9-7(10,11)2-1-3-15(4-5-16)6-8(12,13)14/h16H,1-6H2. The lowest BCUT2D eigenvalue weighted by molar-refractivity contribution is -0.150. The van der Waals surface area contributed by atoms with Crippen LogP contribution in [-0.4, -0.2) is 48.6 Å². The number of alkyl halides is 6. The highest BCUT2D eigenvalue weighted by atomic mass is 19.4. The van der Waals surface area contributed by atoms with Crippen molar-refractivity contribution < 1.29 is 31.4 Å². The molecular weight excluding hydrogens is 240 g/mol. The zero-order chi connectivity index (χ0) is 12.8. The molecule has 0 fully saturated rings. The molecule has 0 aromatic carbocycles. The van der Waals surface area contributed by atoms with E-state index in [0.29, 0.717) is 0 Å². The molecule has 0 amide bonds. The molecule has 0 radical (unpaired) electrons. The molecule has 0 aromatic rings. The second kappa shape index (κ2) is 6.29. The van der Waals surface area contributed by atoms with Gasteiger partial charge < -0.3 is 5.11 Å². The van der Waals surface area contributed by atoms with Crippen molar-refractivity contribution in [2.45, 2.75) is 25.2 Å². The van der Waals surface area contributed by atoms with Crippen LogP contribution in [0, 0.1) is 0 Å². The van der Waals surface area contributed by atoms with Gasteiger partial charge in [-0.15, -0.1) is 0 Å². The van der Waals surface area contributed by atoms with Crippen LogP contribution in [0.5, 0.6) is 0 Å². The fraction of sp³-hybridized carbons (Fsp3) is 1.00. The predicted molar refractivity (Wildman–Crippen MR) is 44.9 cm³/mol. The van der Waals surface area contributed by atoms with Gasteiger partial charge in [0.1, 0.15) is 0 Å². The molecular formula is C8H13F6NO. The third kappa shape index (κ3) is 10.0. The lowest BCUT2D eigenvalue weighted by Crippen LogP contribution is -2.37. The van der Waals surface area contributed by atoms with Crippen LogP contribution in [-0.2, 0) is 0 Å². The maximum absolute atomic E-state index is 11.9. The first-order valence-electron chi connectivity index (χ1n) is 4.61. The minimum Gasteiger partial charge on any atom is -0.395 e. The summed E-state index contributed by atoms with van der Waals surface area (Å²) in [5, 5.41) is 8.46. The molecule has 8 heteroatoms. The van der Waals surface area contributed by atoms with Crippen LogP contribution in [0.1, 0.15) is 12.8 Å². The zero-order valence-electron chi connectivity index (χ0n) is 8.40. The van der Waals surface area contributed by atoms with Crippen molar-refractivity contribution in [3.8, 4) is 0 Å². The number of aliphatic hydroxyl groups excluding tert-OH is 1. The second-order valence-corrected chi connectivity index (χ2v) is 3.33. The van der Waals surface area contributed by atoms with Crippen molar-refractivity contribution in [2.75, 3.05) is 26.2 Å². The van der Waals surface area contributed by atoms with E-state index in [1.54, 1.807) is 0 Å². The van der Waals surface area contributed by atoms with Crippen LogP contribution in [0.15, 0.2) is 0 Å². The van der Waals surface area contributed by atoms with E-state index in [-0.39, 0.29) is 13.1 Å². The third-order valence-corrected chi connectivity index (χ3v) is 1.75. The summed E-state index contributed by atoms with van der Waals surface area (Å²) < 4.78 is 71.1. The van der Waals surface area contributed by atoms with E-state index in [0.717, 1.165) is 4.90 Å². The van der Waals surface area contributed by atoms with Crippen molar-refractivity contribution >= 4 is 0 Å². The molecule has 0 rings (SSSR count). The summed E-state index contributed by atoms with van der Waals surface area (Å²) in [6.45, 7) is -2.43. The van der Waals surface area contributed by atoms with Crippen molar-refractivity contribution in [2.24, 2.45) is 0 Å². The number of nitrogens with zero attached hydrogens (tertiary/aromatic N) is 1. The Kier molecular flexibility index (Phi) is 6.09. The highest BCUT2D eigenvalue weighted by molar-refractivity contribution is 4.64. The Morgan fingerprint density at radius 3 is 1.81 bits per heavy atom. The summed E-state index contributed by atoms with van der Waals surface area (Å²) in [6.07, 6.45) is -10.3. The number of hydrogen-bond donors (Lipinski definition) is 1. The van der Waals surface area contributed by atoms with Crippen LogP contribution in [0.4, 0.5) is 26.3 Å². The Bertz CT molecular complexity index is 190. The molecule has 2 nitrogen and oxygen atoms in total. The van der Waals surface area contributed by atoms with E-state index in [9.17, 15) is 26.3 Å². The van der Waals surface area contributed by atoms with E-state index in [2.05, 4.69) is 0 Å². The third-order valence-electron chi connectivity index (χ3n) is 1.75. The number of rotatable bonds is 6. The first kappa shape index (κ1) is 15.5. The molecule has 0 heterocycles. The first-order valence-corrected chi connectivity index (χ1v) is 4.61. The van der Waals surface area contributed by atoms with Gasteiger partial charge in [-0.3, -0.25) is 4.90 Å². The zero-order valence-corrected chi connectivity index (χ0v) is 8.40. The van der Waals surface area contributed by atoms with Gasteiger partial charge in [0.05, 0.1) is 13.2 Å². The smallest absolute Gasteiger partial charge is 0.395 e. The number of hydrogen-bond acceptors (Lipinski definition) is 2. The van der Waals surface area contributed by atoms with Gasteiger partial charge in [0.25, 0.3) is 0 Å². The summed E-state index contributed by atoms with van der Waals surface area (Å²) in [5.74, 6) is 0. The Balaban J connectivity index is 3.95. The molecule has 0 aliphatic carbocycles. The lowest BCUT2D eigenvalue weighted by atomic mass is 10.3. The van der Waals surface area contributed by atoms with Gasteiger partial charge in [-0.25, -0.2) is 0 Å². The average molecular weight is 253 g/mol. The van der Waals surface area contributed by atoms with E-state index in [4.69, 9.17) is 5.11 Å². The van der Waals surface area contributed by atoms with Gasteiger partial charge in [0.2, 0.25) is 0 Å². The van der Waals surface area contributed by atoms with Gasteiger partial charge in [-0.05, 0) is 13.0 Å². The lowest BCUT2D eigenvalue weighted by Gasteiger charge is -2.22. The van der Waals surface area contributed by atoms with Crippen LogP contribution in [0.25, 0.3) is 0 Å². The highest BCUT2D eigenvalue weighted by Crippen LogP contribution is 2.22. The fourth-order valence-electron chi connectivity index (χ4n) is 1.17. The summed E-state index contributed by atoms with van der Waals surface area (Å²) in [6, 6.07) is 0. The Hall–Kier alpha value is -0.500. The fourth-order valence-corrected chi connectivity index (χ4v) is 1.17. The van der Waals surface area contributed by atoms with Gasteiger partial charge in [-0.1, -0.05) is 0 Å². The van der Waals surface area contributed by atoms with Crippen molar-refractivity contribution in [3.05, 3.63) is 0 Å². The van der Waals surface area contributed by atoms with Gasteiger partial charge in [0, 0.05) is 13.0 Å². The van der Waals surface area contributed by atoms with Crippen molar-refractivity contribution in [3.63, 3.8) is 0 Å². The largest absolute Gasteiger partial charge is 0.401 e. The molecule has 0 atom stereocenters. The Morgan fingerprint density at radius 1 is 0.875 bits per heavy atom. The van der Waals surface area contributed by atoms with Gasteiger partial charge >= 0.3 is 12.4 Å². The van der Waals surface area contributed by atoms with E-state index in [1.807, 2.05) is 0 Å². The number of aliphatic hydroxyl groups is 1. The van der Waals surface area contributed by atoms with Crippen LogP contribution >= 0.6 is 0 Å². The average Bonchev–Trinajstić information content (AvgIpc) is 1.98. The monoisotopic (exact) mass is 253 g/mol. The maximum Gasteiger partial charge on any atom is 0.401 e. The SMILES string of the molecule is OCCN(CCCC(F)(F)F)CC(F)(F)F. The summed E-state index contributed by atoms with van der Waals surface area (Å²) in [4.78, 5) is 0.756. The topological polar surface area (TPSA) is 23.5 Å².